The maximum absolute atomic E-state index is 8.44. The first-order valence-corrected chi connectivity index (χ1v) is 5.39. The lowest BCUT2D eigenvalue weighted by Crippen LogP contribution is -1.86. The third-order valence-electron chi connectivity index (χ3n) is 1.42. The van der Waals surface area contributed by atoms with Crippen LogP contribution in [0.15, 0.2) is 27.6 Å². The fourth-order valence-corrected chi connectivity index (χ4v) is 2.11. The number of hydrogen-bond donors (Lipinski definition) is 0. The smallest absolute Gasteiger partial charge is 0.132 e. The minimum Gasteiger partial charge on any atom is -0.496 e. The van der Waals surface area contributed by atoms with E-state index in [2.05, 4.69) is 22.0 Å². The predicted molar refractivity (Wildman–Crippen MR) is 57.0 cm³/mol. The van der Waals surface area contributed by atoms with Crippen LogP contribution in [0.3, 0.4) is 0 Å². The summed E-state index contributed by atoms with van der Waals surface area (Å²) < 4.78 is 6.14. The molecule has 0 heterocycles. The Morgan fingerprint density at radius 1 is 1.62 bits per heavy atom. The van der Waals surface area contributed by atoms with Crippen molar-refractivity contribution in [3.63, 3.8) is 0 Å². The van der Waals surface area contributed by atoms with E-state index in [4.69, 9.17) is 10.00 Å². The molecule has 1 aromatic rings. The first-order chi connectivity index (χ1) is 6.27. The summed E-state index contributed by atoms with van der Waals surface area (Å²) in [6, 6.07) is 7.82. The summed E-state index contributed by atoms with van der Waals surface area (Å²) in [5, 5.41) is 8.44. The van der Waals surface area contributed by atoms with Gasteiger partial charge in [-0.3, -0.25) is 0 Å². The number of nitrogens with zero attached hydrogens (tertiary/aromatic N) is 1. The Morgan fingerprint density at radius 2 is 2.38 bits per heavy atom. The average molecular weight is 258 g/mol. The highest BCUT2D eigenvalue weighted by atomic mass is 79.9. The zero-order valence-corrected chi connectivity index (χ0v) is 9.48. The van der Waals surface area contributed by atoms with E-state index in [1.807, 2.05) is 18.2 Å². The topological polar surface area (TPSA) is 33.0 Å². The lowest BCUT2D eigenvalue weighted by molar-refractivity contribution is 0.404. The molecule has 0 saturated heterocycles. The van der Waals surface area contributed by atoms with Crippen LogP contribution in [-0.4, -0.2) is 12.9 Å². The zero-order valence-electron chi connectivity index (χ0n) is 7.08. The van der Waals surface area contributed by atoms with Gasteiger partial charge in [0, 0.05) is 4.47 Å². The first kappa shape index (κ1) is 10.4. The molecule has 0 bridgehead atoms. The standard InChI is InChI=1S/C9H8BrNOS/c1-12-8-3-2-7(10)6-9(8)13-5-4-11/h2-3,6H,5H2,1H3. The molecule has 0 amide bonds. The summed E-state index contributed by atoms with van der Waals surface area (Å²) in [6.45, 7) is 0. The third kappa shape index (κ3) is 2.94. The van der Waals surface area contributed by atoms with Gasteiger partial charge >= 0.3 is 0 Å². The molecule has 0 unspecified atom stereocenters. The number of benzene rings is 1. The Hall–Kier alpha value is -0.660. The largest absolute Gasteiger partial charge is 0.496 e. The molecule has 0 aliphatic rings. The van der Waals surface area contributed by atoms with Crippen LogP contribution in [0.2, 0.25) is 0 Å². The van der Waals surface area contributed by atoms with Crippen LogP contribution in [0, 0.1) is 11.3 Å². The maximum atomic E-state index is 8.44. The predicted octanol–water partition coefficient (Wildman–Crippen LogP) is 3.07. The van der Waals surface area contributed by atoms with Gasteiger partial charge in [0.25, 0.3) is 0 Å². The van der Waals surface area contributed by atoms with Crippen LogP contribution < -0.4 is 4.74 Å². The van der Waals surface area contributed by atoms with Crippen LogP contribution in [0.4, 0.5) is 0 Å². The number of ether oxygens (including phenoxy) is 1. The first-order valence-electron chi connectivity index (χ1n) is 3.61. The van der Waals surface area contributed by atoms with Crippen LogP contribution in [-0.2, 0) is 0 Å². The second-order valence-corrected chi connectivity index (χ2v) is 4.17. The summed E-state index contributed by atoms with van der Waals surface area (Å²) in [5.74, 6) is 1.25. The van der Waals surface area contributed by atoms with Gasteiger partial charge in [0.1, 0.15) is 5.75 Å². The highest BCUT2D eigenvalue weighted by molar-refractivity contribution is 9.10. The molecule has 1 rings (SSSR count). The van der Waals surface area contributed by atoms with Gasteiger partial charge in [-0.05, 0) is 18.2 Å². The summed E-state index contributed by atoms with van der Waals surface area (Å²) >= 11 is 4.84. The molecule has 0 atom stereocenters. The number of rotatable bonds is 3. The fourth-order valence-electron chi connectivity index (χ4n) is 0.873. The van der Waals surface area contributed by atoms with Gasteiger partial charge in [-0.25, -0.2) is 0 Å². The quantitative estimate of drug-likeness (QED) is 0.781. The highest BCUT2D eigenvalue weighted by Gasteiger charge is 2.03. The van der Waals surface area contributed by atoms with E-state index in [1.54, 1.807) is 7.11 Å². The van der Waals surface area contributed by atoms with Crippen LogP contribution in [0.5, 0.6) is 5.75 Å². The molecule has 0 saturated carbocycles. The molecule has 2 nitrogen and oxygen atoms in total. The Morgan fingerprint density at radius 3 is 3.00 bits per heavy atom. The van der Waals surface area contributed by atoms with Gasteiger partial charge in [0.15, 0.2) is 0 Å². The second kappa shape index (κ2) is 5.15. The lowest BCUT2D eigenvalue weighted by atomic mass is 10.3. The van der Waals surface area contributed by atoms with Crippen LogP contribution >= 0.6 is 27.7 Å². The average Bonchev–Trinajstić information content (AvgIpc) is 2.15. The molecule has 0 N–H and O–H groups in total. The molecule has 0 aliphatic carbocycles. The van der Waals surface area contributed by atoms with Crippen LogP contribution in [0.25, 0.3) is 0 Å². The monoisotopic (exact) mass is 257 g/mol. The molecule has 1 aromatic carbocycles. The van der Waals surface area contributed by atoms with Crippen molar-refractivity contribution in [2.75, 3.05) is 12.9 Å². The van der Waals surface area contributed by atoms with E-state index in [0.717, 1.165) is 15.1 Å². The number of nitriles is 1. The highest BCUT2D eigenvalue weighted by Crippen LogP contribution is 2.31. The summed E-state index contributed by atoms with van der Waals surface area (Å²) in [4.78, 5) is 0.985. The summed E-state index contributed by atoms with van der Waals surface area (Å²) in [6.07, 6.45) is 0. The van der Waals surface area contributed by atoms with Gasteiger partial charge in [-0.2, -0.15) is 5.26 Å². The van der Waals surface area contributed by atoms with Gasteiger partial charge < -0.3 is 4.74 Å². The Kier molecular flexibility index (Phi) is 4.13. The van der Waals surface area contributed by atoms with Crippen molar-refractivity contribution in [1.82, 2.24) is 0 Å². The Balaban J connectivity index is 2.89. The number of halogens is 1. The maximum Gasteiger partial charge on any atom is 0.132 e. The molecule has 0 aromatic heterocycles. The van der Waals surface area contributed by atoms with Crippen molar-refractivity contribution in [3.8, 4) is 11.8 Å². The van der Waals surface area contributed by atoms with E-state index in [1.165, 1.54) is 11.8 Å². The number of hydrogen-bond acceptors (Lipinski definition) is 3. The minimum atomic E-state index is 0.437. The molecular formula is C9H8BrNOS. The molecule has 4 heteroatoms. The third-order valence-corrected chi connectivity index (χ3v) is 2.81. The Bertz CT molecular complexity index is 335. The van der Waals surface area contributed by atoms with Gasteiger partial charge in [0.2, 0.25) is 0 Å². The fraction of sp³-hybridized carbons (Fsp3) is 0.222. The number of thioether (sulfide) groups is 1. The van der Waals surface area contributed by atoms with Crippen molar-refractivity contribution < 1.29 is 4.74 Å². The van der Waals surface area contributed by atoms with Crippen LogP contribution in [0.1, 0.15) is 0 Å². The van der Waals surface area contributed by atoms with Crippen molar-refractivity contribution in [1.29, 1.82) is 5.26 Å². The minimum absolute atomic E-state index is 0.437. The SMILES string of the molecule is COc1ccc(Br)cc1SCC#N. The van der Waals surface area contributed by atoms with E-state index in [0.29, 0.717) is 5.75 Å². The molecule has 0 fully saturated rings. The summed E-state index contributed by atoms with van der Waals surface area (Å²) in [7, 11) is 1.62. The normalized spacial score (nSPS) is 9.31. The van der Waals surface area contributed by atoms with Crippen molar-refractivity contribution in [2.45, 2.75) is 4.90 Å². The van der Waals surface area contributed by atoms with E-state index < -0.39 is 0 Å². The van der Waals surface area contributed by atoms with E-state index >= 15 is 0 Å². The number of methoxy groups -OCH3 is 1. The van der Waals surface area contributed by atoms with Gasteiger partial charge in [-0.1, -0.05) is 15.9 Å². The second-order valence-electron chi connectivity index (χ2n) is 2.24. The van der Waals surface area contributed by atoms with Gasteiger partial charge in [-0.15, -0.1) is 11.8 Å². The molecule has 0 aliphatic heterocycles. The molecule has 0 spiro atoms. The lowest BCUT2D eigenvalue weighted by Gasteiger charge is -2.06. The molecule has 0 radical (unpaired) electrons. The van der Waals surface area contributed by atoms with E-state index in [-0.39, 0.29) is 0 Å². The van der Waals surface area contributed by atoms with Gasteiger partial charge in [0.05, 0.1) is 23.8 Å². The van der Waals surface area contributed by atoms with E-state index in [9.17, 15) is 0 Å². The Labute approximate surface area is 90.0 Å². The summed E-state index contributed by atoms with van der Waals surface area (Å²) in [5.41, 5.74) is 0. The molecule has 13 heavy (non-hydrogen) atoms. The molecule has 68 valence electrons. The van der Waals surface area contributed by atoms with Crippen molar-refractivity contribution in [2.24, 2.45) is 0 Å². The van der Waals surface area contributed by atoms with Crippen molar-refractivity contribution in [3.05, 3.63) is 22.7 Å². The molecular weight excluding hydrogens is 250 g/mol. The van der Waals surface area contributed by atoms with Crippen molar-refractivity contribution >= 4 is 27.7 Å². The zero-order chi connectivity index (χ0) is 9.68.